The highest BCUT2D eigenvalue weighted by atomic mass is 14.6. The molecule has 0 heterocycles. The first-order valence-corrected chi connectivity index (χ1v) is 8.17. The minimum absolute atomic E-state index is 0.434. The lowest BCUT2D eigenvalue weighted by molar-refractivity contribution is -0.0478. The summed E-state index contributed by atoms with van der Waals surface area (Å²) in [6.45, 7) is 14.9. The van der Waals surface area contributed by atoms with Gasteiger partial charge in [0, 0.05) is 0 Å². The summed E-state index contributed by atoms with van der Waals surface area (Å²) >= 11 is 0. The first-order valence-electron chi connectivity index (χ1n) is 8.17. The quantitative estimate of drug-likeness (QED) is 0.490. The molecule has 0 saturated heterocycles. The van der Waals surface area contributed by atoms with Crippen LogP contribution in [0.15, 0.2) is 0 Å². The van der Waals surface area contributed by atoms with Crippen LogP contribution in [0.25, 0.3) is 0 Å². The van der Waals surface area contributed by atoms with E-state index in [4.69, 9.17) is 0 Å². The molecular formula is C18H34. The fourth-order valence-electron chi connectivity index (χ4n) is 5.49. The van der Waals surface area contributed by atoms with E-state index in [9.17, 15) is 0 Å². The summed E-state index contributed by atoms with van der Waals surface area (Å²) in [5.74, 6) is 2.13. The van der Waals surface area contributed by atoms with E-state index in [0.717, 1.165) is 11.8 Å². The van der Waals surface area contributed by atoms with Crippen LogP contribution in [0.4, 0.5) is 0 Å². The molecule has 0 amide bonds. The average molecular weight is 250 g/mol. The maximum atomic E-state index is 2.49. The first-order chi connectivity index (χ1) is 8.17. The fraction of sp³-hybridized carbons (Fsp3) is 1.00. The molecule has 0 radical (unpaired) electrons. The van der Waals surface area contributed by atoms with Gasteiger partial charge in [0.1, 0.15) is 0 Å². The second-order valence-corrected chi connectivity index (χ2v) is 9.11. The number of fused-ring (bicyclic) bond motifs is 1. The molecule has 2 fully saturated rings. The first kappa shape index (κ1) is 14.4. The molecule has 0 aromatic heterocycles. The van der Waals surface area contributed by atoms with Gasteiger partial charge in [-0.15, -0.1) is 0 Å². The molecule has 0 nitrogen and oxygen atoms in total. The molecule has 0 N–H and O–H groups in total. The molecule has 106 valence electrons. The van der Waals surface area contributed by atoms with Crippen LogP contribution < -0.4 is 0 Å². The molecule has 0 aromatic carbocycles. The monoisotopic (exact) mass is 250 g/mol. The van der Waals surface area contributed by atoms with E-state index in [0.29, 0.717) is 16.2 Å². The van der Waals surface area contributed by atoms with Crippen LogP contribution in [0.3, 0.4) is 0 Å². The molecule has 2 atom stereocenters. The molecule has 18 heavy (non-hydrogen) atoms. The van der Waals surface area contributed by atoms with Gasteiger partial charge in [-0.25, -0.2) is 0 Å². The lowest BCUT2D eigenvalue weighted by Crippen LogP contribution is -2.46. The Morgan fingerprint density at radius 2 is 1.06 bits per heavy atom. The molecular weight excluding hydrogens is 216 g/mol. The summed E-state index contributed by atoms with van der Waals surface area (Å²) in [4.78, 5) is 0. The topological polar surface area (TPSA) is 0 Å². The lowest BCUT2D eigenvalue weighted by Gasteiger charge is -2.54. The van der Waals surface area contributed by atoms with Crippen molar-refractivity contribution in [2.45, 2.75) is 86.5 Å². The van der Waals surface area contributed by atoms with E-state index in [1.165, 1.54) is 44.9 Å². The van der Waals surface area contributed by atoms with Crippen molar-refractivity contribution in [3.63, 3.8) is 0 Å². The van der Waals surface area contributed by atoms with Crippen LogP contribution >= 0.6 is 0 Å². The molecule has 0 aromatic rings. The van der Waals surface area contributed by atoms with Crippen molar-refractivity contribution in [1.29, 1.82) is 0 Å². The van der Waals surface area contributed by atoms with Gasteiger partial charge in [-0.3, -0.25) is 0 Å². The van der Waals surface area contributed by atoms with Gasteiger partial charge in [0.15, 0.2) is 0 Å². The Balaban J connectivity index is 2.27. The van der Waals surface area contributed by atoms with E-state index < -0.39 is 0 Å². The van der Waals surface area contributed by atoms with Gasteiger partial charge in [0.05, 0.1) is 0 Å². The van der Waals surface area contributed by atoms with Gasteiger partial charge in [0.25, 0.3) is 0 Å². The summed E-state index contributed by atoms with van der Waals surface area (Å²) in [5.41, 5.74) is 1.40. The van der Waals surface area contributed by atoms with Crippen LogP contribution in [-0.4, -0.2) is 0 Å². The maximum Gasteiger partial charge on any atom is -0.0200 e. The van der Waals surface area contributed by atoms with Crippen molar-refractivity contribution in [2.24, 2.45) is 28.1 Å². The minimum Gasteiger partial charge on any atom is -0.0596 e. The Morgan fingerprint density at radius 1 is 0.667 bits per heavy atom. The summed E-state index contributed by atoms with van der Waals surface area (Å²) < 4.78 is 0. The molecule has 0 aliphatic heterocycles. The summed E-state index contributed by atoms with van der Waals surface area (Å²) in [7, 11) is 0. The molecule has 2 aliphatic rings. The Hall–Kier alpha value is 0. The Kier molecular flexibility index (Phi) is 3.63. The van der Waals surface area contributed by atoms with Crippen molar-refractivity contribution < 1.29 is 0 Å². The Morgan fingerprint density at radius 3 is 1.39 bits per heavy atom. The average Bonchev–Trinajstić information content (AvgIpc) is 2.54. The van der Waals surface area contributed by atoms with Gasteiger partial charge in [0.2, 0.25) is 0 Å². The third-order valence-corrected chi connectivity index (χ3v) is 6.57. The molecule has 0 heteroatoms. The van der Waals surface area contributed by atoms with Crippen LogP contribution in [0.2, 0.25) is 0 Å². The smallest absolute Gasteiger partial charge is 0.0200 e. The van der Waals surface area contributed by atoms with Crippen molar-refractivity contribution in [3.05, 3.63) is 0 Å². The molecule has 2 saturated carbocycles. The van der Waals surface area contributed by atoms with Gasteiger partial charge < -0.3 is 0 Å². The van der Waals surface area contributed by atoms with Crippen molar-refractivity contribution in [2.75, 3.05) is 0 Å². The second kappa shape index (κ2) is 4.53. The van der Waals surface area contributed by atoms with Gasteiger partial charge >= 0.3 is 0 Å². The molecule has 2 unspecified atom stereocenters. The summed E-state index contributed by atoms with van der Waals surface area (Å²) in [5, 5.41) is 0. The van der Waals surface area contributed by atoms with Crippen molar-refractivity contribution >= 4 is 0 Å². The van der Waals surface area contributed by atoms with Crippen molar-refractivity contribution in [3.8, 4) is 0 Å². The van der Waals surface area contributed by atoms with E-state index in [1.54, 1.807) is 0 Å². The highest BCUT2D eigenvalue weighted by Crippen LogP contribution is 2.61. The fourth-order valence-corrected chi connectivity index (χ4v) is 5.49. The van der Waals surface area contributed by atoms with Crippen LogP contribution in [0.1, 0.15) is 86.5 Å². The number of rotatable bonds is 0. The van der Waals surface area contributed by atoms with Crippen LogP contribution in [0.5, 0.6) is 0 Å². The normalized spacial score (nSPS) is 33.0. The van der Waals surface area contributed by atoms with E-state index in [2.05, 4.69) is 41.5 Å². The summed E-state index contributed by atoms with van der Waals surface area (Å²) in [6, 6.07) is 0. The predicted octanol–water partition coefficient (Wildman–Crippen LogP) is 6.06. The number of hydrogen-bond acceptors (Lipinski definition) is 0. The van der Waals surface area contributed by atoms with Crippen LogP contribution in [0, 0.1) is 28.1 Å². The minimum atomic E-state index is 0.434. The zero-order chi connectivity index (χ0) is 13.6. The lowest BCUT2D eigenvalue weighted by atomic mass is 9.51. The molecule has 2 rings (SSSR count). The molecule has 2 aliphatic carbocycles. The van der Waals surface area contributed by atoms with Gasteiger partial charge in [-0.1, -0.05) is 60.8 Å². The third-order valence-electron chi connectivity index (χ3n) is 6.57. The Labute approximate surface area is 115 Å². The van der Waals surface area contributed by atoms with Crippen LogP contribution in [-0.2, 0) is 0 Å². The van der Waals surface area contributed by atoms with E-state index in [-0.39, 0.29) is 0 Å². The molecule has 0 bridgehead atoms. The highest BCUT2D eigenvalue weighted by molar-refractivity contribution is 5.01. The summed E-state index contributed by atoms with van der Waals surface area (Å²) in [6.07, 6.45) is 10.5. The third kappa shape index (κ3) is 2.25. The van der Waals surface area contributed by atoms with Crippen molar-refractivity contribution in [1.82, 2.24) is 0 Å². The maximum absolute atomic E-state index is 2.49. The molecule has 0 spiro atoms. The van der Waals surface area contributed by atoms with Gasteiger partial charge in [-0.05, 0) is 53.8 Å². The standard InChI is InChI=1S/C18H34/c1-16(2,3)18(17(4,5)6)12-10-14-8-7-9-15(14)11-13-18/h14-15H,7-13H2,1-6H3. The zero-order valence-corrected chi connectivity index (χ0v) is 13.6. The van der Waals surface area contributed by atoms with Gasteiger partial charge in [-0.2, -0.15) is 0 Å². The van der Waals surface area contributed by atoms with E-state index >= 15 is 0 Å². The SMILES string of the molecule is CC(C)(C)C1(C(C)(C)C)CCC2CCCC2CC1. The largest absolute Gasteiger partial charge is 0.0596 e. The number of hydrogen-bond donors (Lipinski definition) is 0. The predicted molar refractivity (Wildman–Crippen MR) is 80.6 cm³/mol. The highest BCUT2D eigenvalue weighted by Gasteiger charge is 2.51. The zero-order valence-electron chi connectivity index (χ0n) is 13.6. The Bertz CT molecular complexity index is 256. The van der Waals surface area contributed by atoms with E-state index in [1.807, 2.05) is 0 Å². The second-order valence-electron chi connectivity index (χ2n) is 9.11.